The van der Waals surface area contributed by atoms with E-state index in [-0.39, 0.29) is 11.9 Å². The number of amides is 1. The second kappa shape index (κ2) is 8.23. The lowest BCUT2D eigenvalue weighted by Crippen LogP contribution is -2.44. The van der Waals surface area contributed by atoms with Crippen LogP contribution in [0.15, 0.2) is 36.4 Å². The highest BCUT2D eigenvalue weighted by Gasteiger charge is 2.40. The van der Waals surface area contributed by atoms with Crippen LogP contribution >= 0.6 is 34.8 Å². The average molecular weight is 438 g/mol. The van der Waals surface area contributed by atoms with E-state index in [1.165, 1.54) is 24.0 Å². The van der Waals surface area contributed by atoms with Crippen LogP contribution in [0.2, 0.25) is 15.1 Å². The maximum absolute atomic E-state index is 13.1. The summed E-state index contributed by atoms with van der Waals surface area (Å²) in [7, 11) is 1.91. The fourth-order valence-electron chi connectivity index (χ4n) is 4.56. The Morgan fingerprint density at radius 2 is 1.82 bits per heavy atom. The Kier molecular flexibility index (Phi) is 5.89. The zero-order chi connectivity index (χ0) is 19.8. The number of likely N-dealkylation sites (N-methyl/N-ethyl adjacent to an activating group) is 1. The van der Waals surface area contributed by atoms with E-state index in [4.69, 9.17) is 34.8 Å². The quantitative estimate of drug-likeness (QED) is 0.638. The molecule has 0 saturated carbocycles. The van der Waals surface area contributed by atoms with Gasteiger partial charge < -0.3 is 4.90 Å². The van der Waals surface area contributed by atoms with Gasteiger partial charge in [-0.05, 0) is 73.3 Å². The van der Waals surface area contributed by atoms with Gasteiger partial charge in [-0.3, -0.25) is 9.69 Å². The second-order valence-electron chi connectivity index (χ2n) is 7.73. The molecular weight excluding hydrogens is 415 g/mol. The molecule has 2 atom stereocenters. The molecule has 0 spiro atoms. The third-order valence-electron chi connectivity index (χ3n) is 5.98. The Balaban J connectivity index is 1.59. The number of rotatable bonds is 4. The summed E-state index contributed by atoms with van der Waals surface area (Å²) in [6.07, 6.45) is 3.69. The van der Waals surface area contributed by atoms with Gasteiger partial charge in [0.25, 0.3) is 0 Å². The summed E-state index contributed by atoms with van der Waals surface area (Å²) >= 11 is 18.4. The molecule has 0 N–H and O–H groups in total. The van der Waals surface area contributed by atoms with Crippen molar-refractivity contribution >= 4 is 40.7 Å². The van der Waals surface area contributed by atoms with Gasteiger partial charge in [-0.2, -0.15) is 0 Å². The van der Waals surface area contributed by atoms with Crippen molar-refractivity contribution in [2.45, 2.75) is 37.8 Å². The molecule has 2 unspecified atom stereocenters. The molecule has 6 heteroatoms. The molecule has 1 amide bonds. The highest BCUT2D eigenvalue weighted by molar-refractivity contribution is 6.42. The van der Waals surface area contributed by atoms with Crippen LogP contribution < -0.4 is 0 Å². The molecule has 0 aromatic heterocycles. The van der Waals surface area contributed by atoms with E-state index in [9.17, 15) is 4.79 Å². The van der Waals surface area contributed by atoms with Crippen molar-refractivity contribution in [3.8, 4) is 0 Å². The molecule has 1 aliphatic heterocycles. The molecular formula is C22H23Cl3N2O. The zero-order valence-electron chi connectivity index (χ0n) is 15.8. The second-order valence-corrected chi connectivity index (χ2v) is 8.98. The molecule has 0 bridgehead atoms. The highest BCUT2D eigenvalue weighted by atomic mass is 35.5. The summed E-state index contributed by atoms with van der Waals surface area (Å²) < 4.78 is 0. The molecule has 2 aromatic carbocycles. The van der Waals surface area contributed by atoms with E-state index in [1.54, 1.807) is 12.1 Å². The van der Waals surface area contributed by atoms with E-state index in [0.29, 0.717) is 22.5 Å². The van der Waals surface area contributed by atoms with Gasteiger partial charge in [0.05, 0.1) is 22.5 Å². The molecule has 1 aliphatic carbocycles. The summed E-state index contributed by atoms with van der Waals surface area (Å²) in [6.45, 7) is 2.19. The zero-order valence-corrected chi connectivity index (χ0v) is 18.1. The highest BCUT2D eigenvalue weighted by Crippen LogP contribution is 2.40. The topological polar surface area (TPSA) is 23.6 Å². The number of benzene rings is 2. The first kappa shape index (κ1) is 20.0. The number of nitrogens with zero attached hydrogens (tertiary/aromatic N) is 2. The lowest BCUT2D eigenvalue weighted by Gasteiger charge is -2.35. The van der Waals surface area contributed by atoms with Gasteiger partial charge in [-0.1, -0.05) is 46.9 Å². The van der Waals surface area contributed by atoms with Crippen LogP contribution in [0.4, 0.5) is 0 Å². The summed E-state index contributed by atoms with van der Waals surface area (Å²) in [4.78, 5) is 17.6. The molecule has 1 heterocycles. The fraction of sp³-hybridized carbons (Fsp3) is 0.409. The Bertz CT molecular complexity index is 895. The van der Waals surface area contributed by atoms with Crippen molar-refractivity contribution in [3.63, 3.8) is 0 Å². The van der Waals surface area contributed by atoms with Gasteiger partial charge in [0.15, 0.2) is 0 Å². The predicted molar refractivity (Wildman–Crippen MR) is 115 cm³/mol. The van der Waals surface area contributed by atoms with Gasteiger partial charge in [0.1, 0.15) is 0 Å². The lowest BCUT2D eigenvalue weighted by atomic mass is 10.0. The molecule has 0 radical (unpaired) electrons. The van der Waals surface area contributed by atoms with Crippen molar-refractivity contribution in [3.05, 3.63) is 68.2 Å². The number of carbonyl (C=O) groups is 1. The summed E-state index contributed by atoms with van der Waals surface area (Å²) in [5.74, 6) is 0.0791. The van der Waals surface area contributed by atoms with Gasteiger partial charge in [0, 0.05) is 18.1 Å². The Morgan fingerprint density at radius 1 is 1.07 bits per heavy atom. The average Bonchev–Trinajstić information content (AvgIpc) is 3.31. The summed E-state index contributed by atoms with van der Waals surface area (Å²) in [6, 6.07) is 11.8. The van der Waals surface area contributed by atoms with Crippen LogP contribution in [0.1, 0.15) is 35.6 Å². The first-order chi connectivity index (χ1) is 13.4. The van der Waals surface area contributed by atoms with E-state index in [2.05, 4.69) is 17.0 Å². The molecule has 2 aliphatic rings. The van der Waals surface area contributed by atoms with Crippen LogP contribution in [-0.4, -0.2) is 41.9 Å². The van der Waals surface area contributed by atoms with Crippen molar-refractivity contribution in [1.82, 2.24) is 9.80 Å². The summed E-state index contributed by atoms with van der Waals surface area (Å²) in [5, 5.41) is 1.73. The maximum Gasteiger partial charge on any atom is 0.227 e. The largest absolute Gasteiger partial charge is 0.337 e. The van der Waals surface area contributed by atoms with Crippen LogP contribution in [0.25, 0.3) is 0 Å². The van der Waals surface area contributed by atoms with E-state index < -0.39 is 0 Å². The first-order valence-corrected chi connectivity index (χ1v) is 10.8. The molecule has 1 saturated heterocycles. The van der Waals surface area contributed by atoms with Crippen LogP contribution in [0.5, 0.6) is 0 Å². The van der Waals surface area contributed by atoms with Gasteiger partial charge >= 0.3 is 0 Å². The molecule has 28 heavy (non-hydrogen) atoms. The van der Waals surface area contributed by atoms with Crippen LogP contribution in [0, 0.1) is 0 Å². The third-order valence-corrected chi connectivity index (χ3v) is 6.95. The summed E-state index contributed by atoms with van der Waals surface area (Å²) in [5.41, 5.74) is 3.34. The van der Waals surface area contributed by atoms with Crippen molar-refractivity contribution in [2.75, 3.05) is 20.1 Å². The van der Waals surface area contributed by atoms with E-state index >= 15 is 0 Å². The number of halogens is 3. The number of carbonyl (C=O) groups excluding carboxylic acids is 1. The van der Waals surface area contributed by atoms with Crippen molar-refractivity contribution < 1.29 is 4.79 Å². The molecule has 148 valence electrons. The number of hydrogen-bond donors (Lipinski definition) is 0. The van der Waals surface area contributed by atoms with Crippen molar-refractivity contribution in [1.29, 1.82) is 0 Å². The van der Waals surface area contributed by atoms with Crippen LogP contribution in [0.3, 0.4) is 0 Å². The first-order valence-electron chi connectivity index (χ1n) is 9.66. The van der Waals surface area contributed by atoms with Crippen molar-refractivity contribution in [2.24, 2.45) is 0 Å². The Morgan fingerprint density at radius 3 is 2.54 bits per heavy atom. The SMILES string of the molecule is CN(C(=O)Cc1ccc(Cl)c(Cl)c1)C1c2ccc(Cl)cc2CC1N1CCCC1. The monoisotopic (exact) mass is 436 g/mol. The minimum atomic E-state index is 0.0423. The van der Waals surface area contributed by atoms with Gasteiger partial charge in [-0.15, -0.1) is 0 Å². The van der Waals surface area contributed by atoms with E-state index in [0.717, 1.165) is 30.1 Å². The number of fused-ring (bicyclic) bond motifs is 1. The minimum Gasteiger partial charge on any atom is -0.337 e. The smallest absolute Gasteiger partial charge is 0.227 e. The van der Waals surface area contributed by atoms with Gasteiger partial charge in [-0.25, -0.2) is 0 Å². The Labute approximate surface area is 181 Å². The van der Waals surface area contributed by atoms with E-state index in [1.807, 2.05) is 24.1 Å². The fourth-order valence-corrected chi connectivity index (χ4v) is 5.07. The van der Waals surface area contributed by atoms with Gasteiger partial charge in [0.2, 0.25) is 5.91 Å². The number of likely N-dealkylation sites (tertiary alicyclic amines) is 1. The Hall–Kier alpha value is -1.26. The molecule has 1 fully saturated rings. The third kappa shape index (κ3) is 3.91. The lowest BCUT2D eigenvalue weighted by molar-refractivity contribution is -0.132. The van der Waals surface area contributed by atoms with Crippen LogP contribution in [-0.2, 0) is 17.6 Å². The standard InChI is InChI=1S/C22H23Cl3N2O/c1-26(21(28)11-14-4-7-18(24)19(25)10-14)22-17-6-5-16(23)12-15(17)13-20(22)27-8-2-3-9-27/h4-7,10,12,20,22H,2-3,8-9,11,13H2,1H3. The number of hydrogen-bond acceptors (Lipinski definition) is 2. The maximum atomic E-state index is 13.1. The molecule has 2 aromatic rings. The molecule has 3 nitrogen and oxygen atoms in total. The normalized spacial score (nSPS) is 21.7. The minimum absolute atomic E-state index is 0.0423. The molecule has 4 rings (SSSR count). The predicted octanol–water partition coefficient (Wildman–Crippen LogP) is 5.41.